The highest BCUT2D eigenvalue weighted by atomic mass is 79.9. The van der Waals surface area contributed by atoms with Gasteiger partial charge in [-0.1, -0.05) is 28.1 Å². The molecule has 2 aliphatic rings. The molecule has 44 valence electrons. The number of alkyl halides is 1. The third-order valence-electron chi connectivity index (χ3n) is 2.20. The van der Waals surface area contributed by atoms with Gasteiger partial charge >= 0.3 is 0 Å². The van der Waals surface area contributed by atoms with Crippen molar-refractivity contribution in [2.24, 2.45) is 11.8 Å². The van der Waals surface area contributed by atoms with Gasteiger partial charge in [-0.05, 0) is 24.7 Å². The molecule has 2 bridgehead atoms. The van der Waals surface area contributed by atoms with E-state index in [0.29, 0.717) is 0 Å². The van der Waals surface area contributed by atoms with Crippen LogP contribution in [0.4, 0.5) is 0 Å². The predicted molar refractivity (Wildman–Crippen MR) is 38.1 cm³/mol. The molecule has 8 heavy (non-hydrogen) atoms. The Hall–Kier alpha value is 0.220. The largest absolute Gasteiger partial charge is 0.0884 e. The minimum Gasteiger partial charge on any atom is -0.0884 e. The highest BCUT2D eigenvalue weighted by Crippen LogP contribution is 2.42. The molecule has 0 heterocycles. The van der Waals surface area contributed by atoms with Gasteiger partial charge in [0.1, 0.15) is 0 Å². The second kappa shape index (κ2) is 1.60. The summed E-state index contributed by atoms with van der Waals surface area (Å²) in [7, 11) is 0. The molecule has 2 aliphatic carbocycles. The van der Waals surface area contributed by atoms with E-state index in [1.807, 2.05) is 0 Å². The Morgan fingerprint density at radius 3 is 2.38 bits per heavy atom. The maximum absolute atomic E-state index is 3.64. The average Bonchev–Trinajstić information content (AvgIpc) is 2.23. The highest BCUT2D eigenvalue weighted by molar-refractivity contribution is 9.09. The Kier molecular flexibility index (Phi) is 1.01. The van der Waals surface area contributed by atoms with E-state index >= 15 is 0 Å². The van der Waals surface area contributed by atoms with Gasteiger partial charge in [0.2, 0.25) is 0 Å². The number of fused-ring (bicyclic) bond motifs is 2. The molecule has 0 aliphatic heterocycles. The molecular weight excluding hydrogens is 164 g/mol. The molecule has 1 fully saturated rings. The average molecular weight is 173 g/mol. The molecule has 3 unspecified atom stereocenters. The Labute approximate surface area is 58.1 Å². The number of hydrogen-bond donors (Lipinski definition) is 0. The molecule has 2 rings (SSSR count). The van der Waals surface area contributed by atoms with Gasteiger partial charge in [-0.15, -0.1) is 0 Å². The van der Waals surface area contributed by atoms with Crippen molar-refractivity contribution in [2.45, 2.75) is 17.7 Å². The van der Waals surface area contributed by atoms with E-state index in [1.165, 1.54) is 12.8 Å². The zero-order chi connectivity index (χ0) is 5.56. The maximum Gasteiger partial charge on any atom is 0.0214 e. The lowest BCUT2D eigenvalue weighted by Crippen LogP contribution is -2.03. The quantitative estimate of drug-likeness (QED) is 0.389. The van der Waals surface area contributed by atoms with Gasteiger partial charge < -0.3 is 0 Å². The second-order valence-electron chi connectivity index (χ2n) is 2.80. The molecule has 0 aromatic carbocycles. The standard InChI is InChI=1S/C7H9Br/c8-7-4-5-1-2-6(7)3-5/h1-2,5-7H,3-4H2. The van der Waals surface area contributed by atoms with E-state index in [2.05, 4.69) is 28.1 Å². The summed E-state index contributed by atoms with van der Waals surface area (Å²) in [5.74, 6) is 1.80. The van der Waals surface area contributed by atoms with Crippen LogP contribution in [0, 0.1) is 11.8 Å². The maximum atomic E-state index is 3.64. The monoisotopic (exact) mass is 172 g/mol. The van der Waals surface area contributed by atoms with Gasteiger partial charge in [0.05, 0.1) is 0 Å². The van der Waals surface area contributed by atoms with Crippen molar-refractivity contribution in [3.63, 3.8) is 0 Å². The van der Waals surface area contributed by atoms with Crippen LogP contribution in [-0.4, -0.2) is 4.83 Å². The number of halogens is 1. The predicted octanol–water partition coefficient (Wildman–Crippen LogP) is 2.35. The third-order valence-corrected chi connectivity index (χ3v) is 3.25. The van der Waals surface area contributed by atoms with Crippen LogP contribution in [0.25, 0.3) is 0 Å². The van der Waals surface area contributed by atoms with E-state index in [0.717, 1.165) is 16.7 Å². The SMILES string of the molecule is BrC1CC2C=CC1C2. The summed E-state index contributed by atoms with van der Waals surface area (Å²) in [5.41, 5.74) is 0. The smallest absolute Gasteiger partial charge is 0.0214 e. The van der Waals surface area contributed by atoms with Crippen LogP contribution in [0.15, 0.2) is 12.2 Å². The summed E-state index contributed by atoms with van der Waals surface area (Å²) in [6, 6.07) is 0. The summed E-state index contributed by atoms with van der Waals surface area (Å²) in [6.45, 7) is 0. The van der Waals surface area contributed by atoms with E-state index in [1.54, 1.807) is 0 Å². The molecule has 0 aromatic heterocycles. The van der Waals surface area contributed by atoms with Gasteiger partial charge in [-0.25, -0.2) is 0 Å². The highest BCUT2D eigenvalue weighted by Gasteiger charge is 2.33. The van der Waals surface area contributed by atoms with Crippen LogP contribution in [0.2, 0.25) is 0 Å². The van der Waals surface area contributed by atoms with Crippen LogP contribution in [-0.2, 0) is 0 Å². The van der Waals surface area contributed by atoms with E-state index < -0.39 is 0 Å². The van der Waals surface area contributed by atoms with Gasteiger partial charge in [0, 0.05) is 4.83 Å². The van der Waals surface area contributed by atoms with Crippen LogP contribution < -0.4 is 0 Å². The minimum atomic E-state index is 0.803. The number of allylic oxidation sites excluding steroid dienone is 2. The van der Waals surface area contributed by atoms with Crippen molar-refractivity contribution in [3.8, 4) is 0 Å². The Morgan fingerprint density at radius 2 is 2.12 bits per heavy atom. The molecule has 3 atom stereocenters. The molecule has 0 aromatic rings. The summed E-state index contributed by atoms with van der Waals surface area (Å²) >= 11 is 3.64. The van der Waals surface area contributed by atoms with Gasteiger partial charge in [-0.3, -0.25) is 0 Å². The molecule has 0 radical (unpaired) electrons. The summed E-state index contributed by atoms with van der Waals surface area (Å²) < 4.78 is 0. The summed E-state index contributed by atoms with van der Waals surface area (Å²) in [6.07, 6.45) is 7.51. The first kappa shape index (κ1) is 5.04. The lowest BCUT2D eigenvalue weighted by molar-refractivity contribution is 0.693. The van der Waals surface area contributed by atoms with Crippen molar-refractivity contribution < 1.29 is 0 Å². The normalized spacial score (nSPS) is 50.9. The molecule has 1 heteroatoms. The van der Waals surface area contributed by atoms with Crippen LogP contribution in [0.5, 0.6) is 0 Å². The van der Waals surface area contributed by atoms with Gasteiger partial charge in [0.25, 0.3) is 0 Å². The second-order valence-corrected chi connectivity index (χ2v) is 3.97. The first-order valence-corrected chi connectivity index (χ1v) is 4.10. The number of hydrogen-bond acceptors (Lipinski definition) is 0. The third kappa shape index (κ3) is 0.572. The van der Waals surface area contributed by atoms with E-state index in [4.69, 9.17) is 0 Å². The first-order chi connectivity index (χ1) is 3.86. The molecule has 1 saturated carbocycles. The molecule has 0 nitrogen and oxygen atoms in total. The van der Waals surface area contributed by atoms with E-state index in [-0.39, 0.29) is 0 Å². The Morgan fingerprint density at radius 1 is 1.25 bits per heavy atom. The van der Waals surface area contributed by atoms with Crippen LogP contribution in [0.3, 0.4) is 0 Å². The lowest BCUT2D eigenvalue weighted by atomic mass is 10.1. The number of rotatable bonds is 0. The molecular formula is C7H9Br. The first-order valence-electron chi connectivity index (χ1n) is 3.18. The fraction of sp³-hybridized carbons (Fsp3) is 0.714. The zero-order valence-electron chi connectivity index (χ0n) is 4.68. The van der Waals surface area contributed by atoms with Gasteiger partial charge in [0.15, 0.2) is 0 Å². The molecule has 0 spiro atoms. The minimum absolute atomic E-state index is 0.803. The van der Waals surface area contributed by atoms with Crippen molar-refractivity contribution in [1.82, 2.24) is 0 Å². The van der Waals surface area contributed by atoms with Crippen molar-refractivity contribution in [3.05, 3.63) is 12.2 Å². The molecule has 0 N–H and O–H groups in total. The lowest BCUT2D eigenvalue weighted by Gasteiger charge is -2.07. The van der Waals surface area contributed by atoms with Crippen molar-refractivity contribution in [2.75, 3.05) is 0 Å². The summed E-state index contributed by atoms with van der Waals surface area (Å²) in [4.78, 5) is 0.803. The van der Waals surface area contributed by atoms with Crippen LogP contribution >= 0.6 is 15.9 Å². The van der Waals surface area contributed by atoms with Crippen molar-refractivity contribution in [1.29, 1.82) is 0 Å². The van der Waals surface area contributed by atoms with Crippen molar-refractivity contribution >= 4 is 15.9 Å². The topological polar surface area (TPSA) is 0 Å². The fourth-order valence-electron chi connectivity index (χ4n) is 1.71. The zero-order valence-corrected chi connectivity index (χ0v) is 6.26. The Bertz CT molecular complexity index is 128. The van der Waals surface area contributed by atoms with Gasteiger partial charge in [-0.2, -0.15) is 0 Å². The molecule has 0 amide bonds. The summed E-state index contributed by atoms with van der Waals surface area (Å²) in [5, 5.41) is 0. The fourth-order valence-corrected chi connectivity index (χ4v) is 2.59. The van der Waals surface area contributed by atoms with E-state index in [9.17, 15) is 0 Å². The van der Waals surface area contributed by atoms with Crippen LogP contribution in [0.1, 0.15) is 12.8 Å². The Balaban J connectivity index is 2.23. The molecule has 0 saturated heterocycles.